The summed E-state index contributed by atoms with van der Waals surface area (Å²) in [6.07, 6.45) is 1.13. The zero-order valence-electron chi connectivity index (χ0n) is 10.3. The quantitative estimate of drug-likeness (QED) is 0.883. The van der Waals surface area contributed by atoms with Gasteiger partial charge in [0.1, 0.15) is 17.6 Å². The van der Waals surface area contributed by atoms with Crippen LogP contribution in [0.5, 0.6) is 0 Å². The second-order valence-electron chi connectivity index (χ2n) is 4.71. The molecular formula is C14H15NO3S. The minimum Gasteiger partial charge on any atom is -0.457 e. The molecule has 1 fully saturated rings. The van der Waals surface area contributed by atoms with Crippen molar-refractivity contribution in [1.82, 2.24) is 5.32 Å². The van der Waals surface area contributed by atoms with E-state index in [-0.39, 0.29) is 18.4 Å². The smallest absolute Gasteiger partial charge is 0.223 e. The van der Waals surface area contributed by atoms with E-state index in [9.17, 15) is 9.90 Å². The predicted octanol–water partition coefficient (Wildman–Crippen LogP) is 2.57. The van der Waals surface area contributed by atoms with Crippen molar-refractivity contribution in [2.24, 2.45) is 5.92 Å². The van der Waals surface area contributed by atoms with Crippen molar-refractivity contribution in [2.75, 3.05) is 6.54 Å². The molecule has 0 aliphatic heterocycles. The highest BCUT2D eigenvalue weighted by Crippen LogP contribution is 2.30. The predicted molar refractivity (Wildman–Crippen MR) is 72.7 cm³/mol. The van der Waals surface area contributed by atoms with Crippen molar-refractivity contribution in [1.29, 1.82) is 0 Å². The van der Waals surface area contributed by atoms with E-state index in [4.69, 9.17) is 4.42 Å². The van der Waals surface area contributed by atoms with Crippen LogP contribution in [-0.2, 0) is 4.79 Å². The molecule has 0 radical (unpaired) electrons. The van der Waals surface area contributed by atoms with Crippen molar-refractivity contribution in [3.63, 3.8) is 0 Å². The highest BCUT2D eigenvalue weighted by molar-refractivity contribution is 7.13. The van der Waals surface area contributed by atoms with E-state index in [2.05, 4.69) is 5.32 Å². The molecule has 1 aliphatic carbocycles. The van der Waals surface area contributed by atoms with Crippen LogP contribution in [0, 0.1) is 5.92 Å². The normalized spacial score (nSPS) is 16.3. The number of thiophene rings is 1. The van der Waals surface area contributed by atoms with Crippen LogP contribution >= 0.6 is 11.3 Å². The molecule has 1 amide bonds. The zero-order chi connectivity index (χ0) is 13.2. The van der Waals surface area contributed by atoms with Crippen LogP contribution in [0.3, 0.4) is 0 Å². The molecule has 2 aromatic heterocycles. The van der Waals surface area contributed by atoms with Gasteiger partial charge in [0.2, 0.25) is 5.91 Å². The topological polar surface area (TPSA) is 62.5 Å². The number of rotatable bonds is 5. The van der Waals surface area contributed by atoms with Gasteiger partial charge in [0.25, 0.3) is 0 Å². The van der Waals surface area contributed by atoms with Crippen LogP contribution in [0.2, 0.25) is 0 Å². The van der Waals surface area contributed by atoms with E-state index in [1.807, 2.05) is 23.6 Å². The SMILES string of the molecule is O=C(NCC(O)c1ccc(-c2cccs2)o1)C1CC1. The molecular weight excluding hydrogens is 262 g/mol. The Bertz CT molecular complexity index is 557. The number of aliphatic hydroxyl groups is 1. The molecule has 2 aromatic rings. The Morgan fingerprint density at radius 2 is 2.32 bits per heavy atom. The van der Waals surface area contributed by atoms with Crippen LogP contribution in [0.4, 0.5) is 0 Å². The van der Waals surface area contributed by atoms with Crippen LogP contribution < -0.4 is 5.32 Å². The average Bonchev–Trinajstić information content (AvgIpc) is 2.94. The van der Waals surface area contributed by atoms with Crippen molar-refractivity contribution in [3.05, 3.63) is 35.4 Å². The molecule has 1 unspecified atom stereocenters. The Morgan fingerprint density at radius 1 is 1.47 bits per heavy atom. The first kappa shape index (κ1) is 12.4. The molecule has 2 N–H and O–H groups in total. The molecule has 3 rings (SSSR count). The molecule has 1 atom stereocenters. The van der Waals surface area contributed by atoms with Crippen LogP contribution in [0.25, 0.3) is 10.6 Å². The third-order valence-corrected chi connectivity index (χ3v) is 4.02. The lowest BCUT2D eigenvalue weighted by Crippen LogP contribution is -2.29. The van der Waals surface area contributed by atoms with E-state index < -0.39 is 6.10 Å². The molecule has 2 heterocycles. The van der Waals surface area contributed by atoms with Gasteiger partial charge in [0.15, 0.2) is 0 Å². The number of carbonyl (C=O) groups is 1. The number of aliphatic hydroxyl groups excluding tert-OH is 1. The number of furan rings is 1. The Kier molecular flexibility index (Phi) is 3.40. The highest BCUT2D eigenvalue weighted by Gasteiger charge is 2.29. The summed E-state index contributed by atoms with van der Waals surface area (Å²) in [5, 5.41) is 14.7. The van der Waals surface area contributed by atoms with Gasteiger partial charge in [-0.2, -0.15) is 0 Å². The summed E-state index contributed by atoms with van der Waals surface area (Å²) in [7, 11) is 0. The van der Waals surface area contributed by atoms with E-state index in [1.54, 1.807) is 17.4 Å². The molecule has 1 saturated carbocycles. The van der Waals surface area contributed by atoms with Gasteiger partial charge in [-0.1, -0.05) is 6.07 Å². The maximum Gasteiger partial charge on any atom is 0.223 e. The number of carbonyl (C=O) groups excluding carboxylic acids is 1. The van der Waals surface area contributed by atoms with Gasteiger partial charge < -0.3 is 14.8 Å². The second kappa shape index (κ2) is 5.19. The molecule has 0 saturated heterocycles. The van der Waals surface area contributed by atoms with E-state index in [0.717, 1.165) is 23.5 Å². The summed E-state index contributed by atoms with van der Waals surface area (Å²) in [4.78, 5) is 12.5. The Balaban J connectivity index is 1.60. The fourth-order valence-electron chi connectivity index (χ4n) is 1.87. The highest BCUT2D eigenvalue weighted by atomic mass is 32.1. The molecule has 19 heavy (non-hydrogen) atoms. The Labute approximate surface area is 115 Å². The zero-order valence-corrected chi connectivity index (χ0v) is 11.2. The average molecular weight is 277 g/mol. The van der Waals surface area contributed by atoms with Gasteiger partial charge in [0.05, 0.1) is 11.4 Å². The van der Waals surface area contributed by atoms with Crippen LogP contribution in [0.15, 0.2) is 34.1 Å². The molecule has 0 aromatic carbocycles. The van der Waals surface area contributed by atoms with E-state index in [0.29, 0.717) is 5.76 Å². The number of hydrogen-bond acceptors (Lipinski definition) is 4. The molecule has 0 bridgehead atoms. The van der Waals surface area contributed by atoms with Gasteiger partial charge in [-0.25, -0.2) is 0 Å². The molecule has 5 heteroatoms. The lowest BCUT2D eigenvalue weighted by molar-refractivity contribution is -0.122. The first-order valence-electron chi connectivity index (χ1n) is 6.33. The van der Waals surface area contributed by atoms with Crippen molar-refractivity contribution in [3.8, 4) is 10.6 Å². The third kappa shape index (κ3) is 2.88. The van der Waals surface area contributed by atoms with E-state index >= 15 is 0 Å². The molecule has 100 valence electrons. The molecule has 4 nitrogen and oxygen atoms in total. The lowest BCUT2D eigenvalue weighted by Gasteiger charge is -2.09. The summed E-state index contributed by atoms with van der Waals surface area (Å²) >= 11 is 1.59. The summed E-state index contributed by atoms with van der Waals surface area (Å²) in [6, 6.07) is 7.51. The number of hydrogen-bond donors (Lipinski definition) is 2. The number of amides is 1. The van der Waals surface area contributed by atoms with Gasteiger partial charge in [-0.3, -0.25) is 4.79 Å². The van der Waals surface area contributed by atoms with E-state index in [1.165, 1.54) is 0 Å². The van der Waals surface area contributed by atoms with Gasteiger partial charge in [0, 0.05) is 5.92 Å². The Hall–Kier alpha value is -1.59. The van der Waals surface area contributed by atoms with Crippen molar-refractivity contribution < 1.29 is 14.3 Å². The lowest BCUT2D eigenvalue weighted by atomic mass is 10.2. The van der Waals surface area contributed by atoms with Crippen molar-refractivity contribution in [2.45, 2.75) is 18.9 Å². The summed E-state index contributed by atoms with van der Waals surface area (Å²) < 4.78 is 5.61. The van der Waals surface area contributed by atoms with Crippen LogP contribution in [-0.4, -0.2) is 17.6 Å². The summed E-state index contributed by atoms with van der Waals surface area (Å²) in [6.45, 7) is 0.201. The summed E-state index contributed by atoms with van der Waals surface area (Å²) in [5.74, 6) is 1.42. The molecule has 0 spiro atoms. The maximum absolute atomic E-state index is 11.5. The second-order valence-corrected chi connectivity index (χ2v) is 5.66. The molecule has 1 aliphatic rings. The van der Waals surface area contributed by atoms with Gasteiger partial charge in [-0.05, 0) is 36.4 Å². The summed E-state index contributed by atoms with van der Waals surface area (Å²) in [5.41, 5.74) is 0. The Morgan fingerprint density at radius 3 is 3.00 bits per heavy atom. The third-order valence-electron chi connectivity index (χ3n) is 3.14. The van der Waals surface area contributed by atoms with Gasteiger partial charge >= 0.3 is 0 Å². The monoisotopic (exact) mass is 277 g/mol. The first-order chi connectivity index (χ1) is 9.24. The largest absolute Gasteiger partial charge is 0.457 e. The fourth-order valence-corrected chi connectivity index (χ4v) is 2.56. The van der Waals surface area contributed by atoms with Gasteiger partial charge in [-0.15, -0.1) is 11.3 Å². The number of nitrogens with one attached hydrogen (secondary N) is 1. The fraction of sp³-hybridized carbons (Fsp3) is 0.357. The minimum absolute atomic E-state index is 0.0316. The minimum atomic E-state index is -0.795. The van der Waals surface area contributed by atoms with Crippen LogP contribution in [0.1, 0.15) is 24.7 Å². The maximum atomic E-state index is 11.5. The first-order valence-corrected chi connectivity index (χ1v) is 7.21. The standard InChI is InChI=1S/C14H15NO3S/c16-10(8-15-14(17)9-3-4-9)11-5-6-12(18-11)13-2-1-7-19-13/h1-2,5-7,9-10,16H,3-4,8H2,(H,15,17). The van der Waals surface area contributed by atoms with Crippen molar-refractivity contribution >= 4 is 17.2 Å².